The molecule has 0 unspecified atom stereocenters. The molecule has 8 heteroatoms. The second-order valence-electron chi connectivity index (χ2n) is 4.81. The minimum Gasteiger partial charge on any atom is -0.481 e. The predicted octanol–water partition coefficient (Wildman–Crippen LogP) is 3.46. The number of benzene rings is 1. The number of urea groups is 1. The molecule has 1 aromatic carbocycles. The summed E-state index contributed by atoms with van der Waals surface area (Å²) < 4.78 is 13.3. The lowest BCUT2D eigenvalue weighted by Gasteiger charge is -2.30. The Kier molecular flexibility index (Phi) is 4.90. The number of carbonyl (C=O) groups excluding carboxylic acids is 1. The fourth-order valence-corrected chi connectivity index (χ4v) is 2.68. The van der Waals surface area contributed by atoms with Crippen LogP contribution in [0.25, 0.3) is 0 Å². The third kappa shape index (κ3) is 3.77. The molecule has 1 aromatic rings. The minimum absolute atomic E-state index is 0.143. The van der Waals surface area contributed by atoms with E-state index < -0.39 is 23.7 Å². The Hall–Kier alpha value is -1.53. The first kappa shape index (κ1) is 15.9. The van der Waals surface area contributed by atoms with E-state index in [4.69, 9.17) is 28.3 Å². The van der Waals surface area contributed by atoms with Crippen molar-refractivity contribution in [3.63, 3.8) is 0 Å². The number of anilines is 1. The largest absolute Gasteiger partial charge is 0.481 e. The van der Waals surface area contributed by atoms with Crippen molar-refractivity contribution in [2.24, 2.45) is 5.92 Å². The molecule has 2 N–H and O–H groups in total. The molecule has 0 radical (unpaired) electrons. The van der Waals surface area contributed by atoms with Gasteiger partial charge in [-0.15, -0.1) is 0 Å². The van der Waals surface area contributed by atoms with Gasteiger partial charge in [0.25, 0.3) is 0 Å². The van der Waals surface area contributed by atoms with Crippen LogP contribution in [0, 0.1) is 11.7 Å². The summed E-state index contributed by atoms with van der Waals surface area (Å²) in [4.78, 5) is 24.5. The molecule has 0 saturated carbocycles. The van der Waals surface area contributed by atoms with Crippen LogP contribution in [0.3, 0.4) is 0 Å². The fraction of sp³-hybridized carbons (Fsp3) is 0.385. The van der Waals surface area contributed by atoms with Gasteiger partial charge >= 0.3 is 12.0 Å². The molecule has 1 heterocycles. The van der Waals surface area contributed by atoms with E-state index in [2.05, 4.69) is 5.32 Å². The Morgan fingerprint density at radius 2 is 1.95 bits per heavy atom. The van der Waals surface area contributed by atoms with Gasteiger partial charge in [-0.05, 0) is 25.0 Å². The van der Waals surface area contributed by atoms with Crippen LogP contribution in [0.15, 0.2) is 12.1 Å². The van der Waals surface area contributed by atoms with Gasteiger partial charge in [0.15, 0.2) is 5.82 Å². The molecule has 2 rings (SSSR count). The van der Waals surface area contributed by atoms with Crippen molar-refractivity contribution in [1.29, 1.82) is 0 Å². The summed E-state index contributed by atoms with van der Waals surface area (Å²) in [6, 6.07) is 2.04. The van der Waals surface area contributed by atoms with Crippen molar-refractivity contribution in [2.75, 3.05) is 18.4 Å². The van der Waals surface area contributed by atoms with Crippen molar-refractivity contribution < 1.29 is 19.1 Å². The third-order valence-corrected chi connectivity index (χ3v) is 3.84. The summed E-state index contributed by atoms with van der Waals surface area (Å²) in [6.07, 6.45) is 1.17. The van der Waals surface area contributed by atoms with Crippen LogP contribution in [-0.2, 0) is 4.79 Å². The van der Waals surface area contributed by atoms with E-state index in [1.54, 1.807) is 0 Å². The molecule has 0 bridgehead atoms. The van der Waals surface area contributed by atoms with Gasteiger partial charge in [0.05, 0.1) is 16.0 Å². The number of rotatable bonds is 2. The number of carboxylic acids is 1. The van der Waals surface area contributed by atoms with E-state index in [0.717, 1.165) is 0 Å². The molecule has 1 atom stereocenters. The average molecular weight is 335 g/mol. The van der Waals surface area contributed by atoms with Crippen molar-refractivity contribution in [2.45, 2.75) is 12.8 Å². The lowest BCUT2D eigenvalue weighted by atomic mass is 9.99. The number of nitrogens with zero attached hydrogens (tertiary/aromatic N) is 1. The molecule has 1 fully saturated rings. The third-order valence-electron chi connectivity index (χ3n) is 3.29. The summed E-state index contributed by atoms with van der Waals surface area (Å²) in [5, 5.41) is 11.1. The second-order valence-corrected chi connectivity index (χ2v) is 5.62. The topological polar surface area (TPSA) is 69.6 Å². The molecule has 21 heavy (non-hydrogen) atoms. The first-order valence-corrected chi connectivity index (χ1v) is 7.07. The van der Waals surface area contributed by atoms with Crippen LogP contribution < -0.4 is 5.32 Å². The molecule has 1 aliphatic heterocycles. The van der Waals surface area contributed by atoms with Gasteiger partial charge in [0.1, 0.15) is 0 Å². The highest BCUT2D eigenvalue weighted by molar-refractivity contribution is 6.35. The Morgan fingerprint density at radius 1 is 1.33 bits per heavy atom. The van der Waals surface area contributed by atoms with E-state index in [9.17, 15) is 14.0 Å². The number of hydrogen-bond donors (Lipinski definition) is 2. The standard InChI is InChI=1S/C13H13Cl2FN2O3/c14-9-4-8(5-10(15)11(9)16)17-13(21)18-3-1-2-7(6-18)12(19)20/h4-5,7H,1-3,6H2,(H,17,21)(H,19,20)/t7-/m1/s1. The van der Waals surface area contributed by atoms with Crippen molar-refractivity contribution in [1.82, 2.24) is 4.90 Å². The number of carboxylic acid groups (broad SMARTS) is 1. The molecule has 114 valence electrons. The van der Waals surface area contributed by atoms with Gasteiger partial charge < -0.3 is 15.3 Å². The van der Waals surface area contributed by atoms with E-state index in [-0.39, 0.29) is 22.3 Å². The van der Waals surface area contributed by atoms with Gasteiger partial charge in [-0.25, -0.2) is 9.18 Å². The van der Waals surface area contributed by atoms with Crippen molar-refractivity contribution in [3.05, 3.63) is 28.0 Å². The number of aliphatic carboxylic acids is 1. The normalized spacial score (nSPS) is 18.4. The summed E-state index contributed by atoms with van der Waals surface area (Å²) in [7, 11) is 0. The second kappa shape index (κ2) is 6.49. The highest BCUT2D eigenvalue weighted by atomic mass is 35.5. The van der Waals surface area contributed by atoms with E-state index >= 15 is 0 Å². The SMILES string of the molecule is O=C(O)[C@@H]1CCCN(C(=O)Nc2cc(Cl)c(F)c(Cl)c2)C1. The summed E-state index contributed by atoms with van der Waals surface area (Å²) >= 11 is 11.3. The number of carbonyl (C=O) groups is 2. The van der Waals surface area contributed by atoms with E-state index in [1.165, 1.54) is 17.0 Å². The Labute approximate surface area is 130 Å². The average Bonchev–Trinajstić information content (AvgIpc) is 2.44. The monoisotopic (exact) mass is 334 g/mol. The molecule has 5 nitrogen and oxygen atoms in total. The smallest absolute Gasteiger partial charge is 0.321 e. The number of amides is 2. The number of hydrogen-bond acceptors (Lipinski definition) is 2. The fourth-order valence-electron chi connectivity index (χ4n) is 2.19. The molecule has 1 saturated heterocycles. The lowest BCUT2D eigenvalue weighted by Crippen LogP contribution is -2.44. The Balaban J connectivity index is 2.06. The number of likely N-dealkylation sites (tertiary alicyclic amines) is 1. The molecule has 0 spiro atoms. The first-order chi connectivity index (χ1) is 9.88. The van der Waals surface area contributed by atoms with Crippen LogP contribution in [0.5, 0.6) is 0 Å². The first-order valence-electron chi connectivity index (χ1n) is 6.31. The number of nitrogens with one attached hydrogen (secondary N) is 1. The number of halogens is 3. The van der Waals surface area contributed by atoms with Crippen LogP contribution >= 0.6 is 23.2 Å². The lowest BCUT2D eigenvalue weighted by molar-refractivity contribution is -0.143. The van der Waals surface area contributed by atoms with Crippen LogP contribution in [0.4, 0.5) is 14.9 Å². The molecule has 0 aliphatic carbocycles. The van der Waals surface area contributed by atoms with Gasteiger partial charge in [-0.3, -0.25) is 4.79 Å². The zero-order valence-corrected chi connectivity index (χ0v) is 12.4. The Morgan fingerprint density at radius 3 is 2.52 bits per heavy atom. The van der Waals surface area contributed by atoms with Crippen LogP contribution in [0.2, 0.25) is 10.0 Å². The predicted molar refractivity (Wildman–Crippen MR) is 77.4 cm³/mol. The van der Waals surface area contributed by atoms with E-state index in [0.29, 0.717) is 19.4 Å². The van der Waals surface area contributed by atoms with Crippen molar-refractivity contribution in [3.8, 4) is 0 Å². The highest BCUT2D eigenvalue weighted by Gasteiger charge is 2.28. The maximum atomic E-state index is 13.3. The van der Waals surface area contributed by atoms with Crippen molar-refractivity contribution >= 4 is 40.9 Å². The molecule has 1 aliphatic rings. The summed E-state index contributed by atoms with van der Waals surface area (Å²) in [6.45, 7) is 0.613. The minimum atomic E-state index is -0.916. The van der Waals surface area contributed by atoms with Crippen LogP contribution in [-0.4, -0.2) is 35.1 Å². The highest BCUT2D eigenvalue weighted by Crippen LogP contribution is 2.27. The van der Waals surface area contributed by atoms with E-state index in [1.807, 2.05) is 0 Å². The van der Waals surface area contributed by atoms with Gasteiger partial charge in [-0.2, -0.15) is 0 Å². The maximum absolute atomic E-state index is 13.3. The van der Waals surface area contributed by atoms with Gasteiger partial charge in [0.2, 0.25) is 0 Å². The van der Waals surface area contributed by atoms with Crippen LogP contribution in [0.1, 0.15) is 12.8 Å². The molecular weight excluding hydrogens is 322 g/mol. The van der Waals surface area contributed by atoms with Gasteiger partial charge in [-0.1, -0.05) is 23.2 Å². The Bertz CT molecular complexity index is 560. The quantitative estimate of drug-likeness (QED) is 0.813. The molecule has 0 aromatic heterocycles. The number of piperidine rings is 1. The van der Waals surface area contributed by atoms with Gasteiger partial charge in [0, 0.05) is 18.8 Å². The maximum Gasteiger partial charge on any atom is 0.321 e. The molecular formula is C13H13Cl2FN2O3. The zero-order chi connectivity index (χ0) is 15.6. The summed E-state index contributed by atoms with van der Waals surface area (Å²) in [5.74, 6) is -2.23. The zero-order valence-electron chi connectivity index (χ0n) is 10.9. The summed E-state index contributed by atoms with van der Waals surface area (Å²) in [5.41, 5.74) is 0.258. The molecule has 2 amide bonds.